The van der Waals surface area contributed by atoms with Crippen LogP contribution in [0.1, 0.15) is 66.2 Å². The molecule has 0 bridgehead atoms. The minimum absolute atomic E-state index is 0.116. The van der Waals surface area contributed by atoms with Crippen LogP contribution in [0, 0.1) is 28.6 Å². The van der Waals surface area contributed by atoms with Crippen LogP contribution in [0.5, 0.6) is 0 Å². The van der Waals surface area contributed by atoms with E-state index in [9.17, 15) is 9.90 Å². The summed E-state index contributed by atoms with van der Waals surface area (Å²) >= 11 is 0. The summed E-state index contributed by atoms with van der Waals surface area (Å²) in [5.74, 6) is 1.17. The van der Waals surface area contributed by atoms with E-state index in [1.165, 1.54) is 12.0 Å². The molecule has 0 heterocycles. The molecule has 0 spiro atoms. The van der Waals surface area contributed by atoms with Crippen LogP contribution in [-0.2, 0) is 9.53 Å². The van der Waals surface area contributed by atoms with E-state index < -0.39 is 11.5 Å². The van der Waals surface area contributed by atoms with Gasteiger partial charge in [-0.2, -0.15) is 0 Å². The van der Waals surface area contributed by atoms with Crippen LogP contribution in [0.15, 0.2) is 23.3 Å². The molecule has 0 aromatic carbocycles. The predicted octanol–water partition coefficient (Wildman–Crippen LogP) is 4.02. The molecule has 3 aliphatic rings. The number of rotatable bonds is 5. The van der Waals surface area contributed by atoms with Gasteiger partial charge in [0.1, 0.15) is 12.7 Å². The lowest BCUT2D eigenvalue weighted by molar-refractivity contribution is -0.172. The lowest BCUT2D eigenvalue weighted by atomic mass is 9.47. The second-order valence-corrected chi connectivity index (χ2v) is 9.67. The van der Waals surface area contributed by atoms with Gasteiger partial charge in [0.2, 0.25) is 0 Å². The molecule has 152 valence electrons. The zero-order chi connectivity index (χ0) is 19.8. The summed E-state index contributed by atoms with van der Waals surface area (Å²) in [6.45, 7) is 8.48. The van der Waals surface area contributed by atoms with Gasteiger partial charge in [0.25, 0.3) is 0 Å². The summed E-state index contributed by atoms with van der Waals surface area (Å²) in [6.07, 6.45) is 10.1. The number of hydrogen-bond acceptors (Lipinski definition) is 4. The quantitative estimate of drug-likeness (QED) is 0.711. The average Bonchev–Trinajstić information content (AvgIpc) is 2.65. The lowest BCUT2D eigenvalue weighted by Gasteiger charge is -2.57. The summed E-state index contributed by atoms with van der Waals surface area (Å²) in [4.78, 5) is 13.0. The highest BCUT2D eigenvalue weighted by Gasteiger charge is 2.57. The molecule has 0 radical (unpaired) electrons. The summed E-state index contributed by atoms with van der Waals surface area (Å²) in [6, 6.07) is 0. The molecule has 2 N–H and O–H groups in total. The first-order valence-electron chi connectivity index (χ1n) is 10.6. The van der Waals surface area contributed by atoms with Crippen molar-refractivity contribution in [1.82, 2.24) is 0 Å². The van der Waals surface area contributed by atoms with Crippen molar-refractivity contribution in [2.75, 3.05) is 13.2 Å². The number of allylic oxidation sites excluding steroid dienone is 4. The van der Waals surface area contributed by atoms with Gasteiger partial charge in [0.05, 0.1) is 12.0 Å². The minimum Gasteiger partial charge on any atom is -0.462 e. The van der Waals surface area contributed by atoms with Crippen molar-refractivity contribution in [2.45, 2.75) is 72.3 Å². The third-order valence-electron chi connectivity index (χ3n) is 7.66. The fourth-order valence-corrected chi connectivity index (χ4v) is 5.98. The molecule has 0 aromatic rings. The molecule has 5 atom stereocenters. The highest BCUT2D eigenvalue weighted by Crippen LogP contribution is 2.62. The third kappa shape index (κ3) is 3.63. The number of aliphatic hydroxyl groups excluding tert-OH is 2. The predicted molar refractivity (Wildman–Crippen MR) is 106 cm³/mol. The number of esters is 1. The van der Waals surface area contributed by atoms with Gasteiger partial charge in [-0.05, 0) is 67.8 Å². The molecule has 0 saturated heterocycles. The molecule has 0 amide bonds. The molecule has 1 saturated carbocycles. The first-order valence-corrected chi connectivity index (χ1v) is 10.6. The van der Waals surface area contributed by atoms with E-state index >= 15 is 0 Å². The third-order valence-corrected chi connectivity index (χ3v) is 7.66. The largest absolute Gasteiger partial charge is 0.462 e. The monoisotopic (exact) mass is 376 g/mol. The molecule has 4 nitrogen and oxygen atoms in total. The summed E-state index contributed by atoms with van der Waals surface area (Å²) < 4.78 is 5.43. The first kappa shape index (κ1) is 20.6. The van der Waals surface area contributed by atoms with Crippen molar-refractivity contribution in [3.05, 3.63) is 23.3 Å². The zero-order valence-corrected chi connectivity index (χ0v) is 17.3. The fourth-order valence-electron chi connectivity index (χ4n) is 5.98. The van der Waals surface area contributed by atoms with Crippen LogP contribution >= 0.6 is 0 Å². The van der Waals surface area contributed by atoms with E-state index in [1.54, 1.807) is 5.57 Å². The molecular formula is C23H36O4. The van der Waals surface area contributed by atoms with Crippen LogP contribution in [0.3, 0.4) is 0 Å². The second-order valence-electron chi connectivity index (χ2n) is 9.67. The summed E-state index contributed by atoms with van der Waals surface area (Å²) in [5.41, 5.74) is 2.63. The Bertz CT molecular complexity index is 634. The smallest absolute Gasteiger partial charge is 0.312 e. The summed E-state index contributed by atoms with van der Waals surface area (Å²) in [7, 11) is 0. The second kappa shape index (κ2) is 7.71. The lowest BCUT2D eigenvalue weighted by Crippen LogP contribution is -2.53. The maximum atomic E-state index is 13.0. The van der Waals surface area contributed by atoms with Crippen LogP contribution < -0.4 is 0 Å². The van der Waals surface area contributed by atoms with Crippen LogP contribution in [0.25, 0.3) is 0 Å². The van der Waals surface area contributed by atoms with Gasteiger partial charge >= 0.3 is 5.97 Å². The van der Waals surface area contributed by atoms with Crippen molar-refractivity contribution in [3.8, 4) is 0 Å². The zero-order valence-electron chi connectivity index (χ0n) is 17.3. The van der Waals surface area contributed by atoms with Crippen molar-refractivity contribution < 1.29 is 19.7 Å². The van der Waals surface area contributed by atoms with E-state index in [1.807, 2.05) is 0 Å². The fraction of sp³-hybridized carbons (Fsp3) is 0.783. The molecule has 27 heavy (non-hydrogen) atoms. The van der Waals surface area contributed by atoms with Crippen molar-refractivity contribution in [1.29, 1.82) is 0 Å². The van der Waals surface area contributed by atoms with Gasteiger partial charge in [-0.15, -0.1) is 0 Å². The maximum Gasteiger partial charge on any atom is 0.312 e. The van der Waals surface area contributed by atoms with E-state index in [0.717, 1.165) is 32.1 Å². The molecule has 4 heteroatoms. The van der Waals surface area contributed by atoms with Crippen LogP contribution in [-0.4, -0.2) is 35.5 Å². The Hall–Kier alpha value is -1.13. The van der Waals surface area contributed by atoms with Crippen molar-refractivity contribution in [2.24, 2.45) is 28.6 Å². The van der Waals surface area contributed by atoms with E-state index in [-0.39, 0.29) is 30.5 Å². The molecule has 3 rings (SSSR count). The molecule has 0 aromatic heterocycles. The Morgan fingerprint density at radius 2 is 2.07 bits per heavy atom. The van der Waals surface area contributed by atoms with E-state index in [0.29, 0.717) is 11.8 Å². The molecule has 1 fully saturated rings. The van der Waals surface area contributed by atoms with Gasteiger partial charge in [-0.25, -0.2) is 0 Å². The topological polar surface area (TPSA) is 66.8 Å². The average molecular weight is 377 g/mol. The Labute approximate surface area is 163 Å². The van der Waals surface area contributed by atoms with Crippen LogP contribution in [0.2, 0.25) is 0 Å². The molecule has 1 unspecified atom stereocenters. The van der Waals surface area contributed by atoms with E-state index in [4.69, 9.17) is 9.84 Å². The van der Waals surface area contributed by atoms with Gasteiger partial charge < -0.3 is 14.9 Å². The van der Waals surface area contributed by atoms with Crippen molar-refractivity contribution >= 4 is 5.97 Å². The minimum atomic E-state index is -0.997. The number of ether oxygens (including phenoxy) is 1. The number of hydrogen-bond donors (Lipinski definition) is 2. The number of fused-ring (bicyclic) bond motifs is 3. The Kier molecular flexibility index (Phi) is 5.88. The van der Waals surface area contributed by atoms with E-state index in [2.05, 4.69) is 39.8 Å². The normalized spacial score (nSPS) is 37.0. The van der Waals surface area contributed by atoms with Crippen LogP contribution in [0.4, 0.5) is 0 Å². The number of carbonyl (C=O) groups is 1. The van der Waals surface area contributed by atoms with Gasteiger partial charge in [0, 0.05) is 0 Å². The standard InChI is InChI=1S/C23H36O4/c1-15(2)16-6-8-19-17(12-16)7-9-20-22(19,3)10-5-11-23(20,4)21(26)27-14-18(25)13-24/h7,12,15,18-20,24-25H,5-6,8-11,13-14H2,1-4H3/t18?,19-,20+,22+,23+/m0/s1. The SMILES string of the molecule is CC(C)C1=CC2=CC[C@@H]3[C@](C)(CCC[C@@]3(C)C(=O)OCC(O)CO)[C@H]2CC1. The Balaban J connectivity index is 1.85. The highest BCUT2D eigenvalue weighted by molar-refractivity contribution is 5.77. The molecule has 0 aliphatic heterocycles. The Morgan fingerprint density at radius 3 is 2.74 bits per heavy atom. The van der Waals surface area contributed by atoms with Gasteiger partial charge in [-0.1, -0.05) is 44.9 Å². The van der Waals surface area contributed by atoms with Gasteiger partial charge in [0.15, 0.2) is 0 Å². The van der Waals surface area contributed by atoms with Crippen molar-refractivity contribution in [3.63, 3.8) is 0 Å². The Morgan fingerprint density at radius 1 is 1.33 bits per heavy atom. The number of aliphatic hydroxyl groups is 2. The maximum absolute atomic E-state index is 13.0. The number of carbonyl (C=O) groups excluding carboxylic acids is 1. The van der Waals surface area contributed by atoms with Gasteiger partial charge in [-0.3, -0.25) is 4.79 Å². The molecular weight excluding hydrogens is 340 g/mol. The first-order chi connectivity index (χ1) is 12.7. The highest BCUT2D eigenvalue weighted by atomic mass is 16.5. The summed E-state index contributed by atoms with van der Waals surface area (Å²) in [5, 5.41) is 18.5. The molecule has 3 aliphatic carbocycles.